The second-order valence-electron chi connectivity index (χ2n) is 7.18. The van der Waals surface area contributed by atoms with E-state index in [1.54, 1.807) is 23.7 Å². The van der Waals surface area contributed by atoms with Gasteiger partial charge in [0.25, 0.3) is 0 Å². The van der Waals surface area contributed by atoms with E-state index in [1.807, 2.05) is 12.3 Å². The zero-order chi connectivity index (χ0) is 24.1. The molecule has 0 amide bonds. The van der Waals surface area contributed by atoms with E-state index in [2.05, 4.69) is 16.7 Å². The van der Waals surface area contributed by atoms with Crippen LogP contribution >= 0.6 is 11.3 Å². The first kappa shape index (κ1) is 24.2. The highest BCUT2D eigenvalue weighted by molar-refractivity contribution is 7.07. The molecule has 9 heteroatoms. The second-order valence-corrected chi connectivity index (χ2v) is 8.02. The largest absolute Gasteiger partial charge is 0.493 e. The molecule has 1 aromatic heterocycles. The molecule has 0 saturated carbocycles. The van der Waals surface area contributed by atoms with Gasteiger partial charge in [0.2, 0.25) is 10.6 Å². The zero-order valence-corrected chi connectivity index (χ0v) is 19.9. The number of benzene rings is 2. The molecule has 3 rings (SSSR count). The summed E-state index contributed by atoms with van der Waals surface area (Å²) in [6.07, 6.45) is 0. The summed E-state index contributed by atoms with van der Waals surface area (Å²) in [6.45, 7) is 7.68. The van der Waals surface area contributed by atoms with E-state index in [1.165, 1.54) is 50.9 Å². The van der Waals surface area contributed by atoms with Gasteiger partial charge in [0.15, 0.2) is 11.5 Å². The van der Waals surface area contributed by atoms with Crippen LogP contribution in [0.5, 0.6) is 17.2 Å². The lowest BCUT2D eigenvalue weighted by Gasteiger charge is -2.14. The molecule has 2 aromatic carbocycles. The predicted octanol–water partition coefficient (Wildman–Crippen LogP) is 5.27. The maximum atomic E-state index is 14.4. The summed E-state index contributed by atoms with van der Waals surface area (Å²) in [4.78, 5) is 5.10. The summed E-state index contributed by atoms with van der Waals surface area (Å²) in [5.41, 5.74) is 2.16. The fraction of sp³-hybridized carbons (Fsp3) is 0.250. The summed E-state index contributed by atoms with van der Waals surface area (Å²) in [5.74, 6) is -0.00809. The van der Waals surface area contributed by atoms with E-state index in [9.17, 15) is 8.78 Å². The van der Waals surface area contributed by atoms with E-state index < -0.39 is 11.6 Å². The second kappa shape index (κ2) is 10.4. The molecule has 0 fully saturated rings. The Morgan fingerprint density at radius 1 is 1.03 bits per heavy atom. The van der Waals surface area contributed by atoms with Crippen LogP contribution in [-0.4, -0.2) is 38.3 Å². The monoisotopic (exact) mass is 473 g/mol. The lowest BCUT2D eigenvalue weighted by atomic mass is 10.1. The van der Waals surface area contributed by atoms with Crippen LogP contribution in [0.25, 0.3) is 11.3 Å². The molecule has 33 heavy (non-hydrogen) atoms. The van der Waals surface area contributed by atoms with Crippen LogP contribution < -0.4 is 19.0 Å². The van der Waals surface area contributed by atoms with Crippen LogP contribution in [0.4, 0.5) is 8.78 Å². The number of ether oxygens (including phenoxy) is 3. The summed E-state index contributed by atoms with van der Waals surface area (Å²) < 4.78 is 46.6. The molecule has 0 N–H and O–H groups in total. The third kappa shape index (κ3) is 5.14. The minimum Gasteiger partial charge on any atom is -0.493 e. The van der Waals surface area contributed by atoms with Crippen LogP contribution in [0.1, 0.15) is 19.4 Å². The van der Waals surface area contributed by atoms with Gasteiger partial charge < -0.3 is 14.2 Å². The Bertz CT molecular complexity index is 1230. The predicted molar refractivity (Wildman–Crippen MR) is 127 cm³/mol. The summed E-state index contributed by atoms with van der Waals surface area (Å²) in [7, 11) is 4.58. The van der Waals surface area contributed by atoms with Crippen LogP contribution in [0.2, 0.25) is 0 Å². The maximum absolute atomic E-state index is 14.4. The summed E-state index contributed by atoms with van der Waals surface area (Å²) >= 11 is 1.34. The Balaban J connectivity index is 2.27. The van der Waals surface area contributed by atoms with Gasteiger partial charge in [-0.25, -0.2) is 13.5 Å². The van der Waals surface area contributed by atoms with Crippen molar-refractivity contribution in [2.24, 2.45) is 10.1 Å². The molecule has 0 radical (unpaired) electrons. The van der Waals surface area contributed by atoms with Crippen LogP contribution in [0.15, 0.2) is 58.0 Å². The Morgan fingerprint density at radius 3 is 2.15 bits per heavy atom. The Hall–Kier alpha value is -3.46. The maximum Gasteiger partial charge on any atom is 0.206 e. The minimum atomic E-state index is -0.693. The molecule has 0 saturated heterocycles. The third-order valence-corrected chi connectivity index (χ3v) is 5.56. The van der Waals surface area contributed by atoms with Crippen molar-refractivity contribution in [1.82, 2.24) is 4.68 Å². The molecule has 1 heterocycles. The van der Waals surface area contributed by atoms with Gasteiger partial charge >= 0.3 is 0 Å². The van der Waals surface area contributed by atoms with Gasteiger partial charge in [-0.1, -0.05) is 18.2 Å². The van der Waals surface area contributed by atoms with E-state index in [4.69, 9.17) is 14.2 Å². The highest BCUT2D eigenvalue weighted by atomic mass is 32.1. The van der Waals surface area contributed by atoms with Crippen molar-refractivity contribution in [3.8, 4) is 28.5 Å². The van der Waals surface area contributed by atoms with Crippen molar-refractivity contribution in [3.05, 3.63) is 69.9 Å². The van der Waals surface area contributed by atoms with Crippen LogP contribution in [0, 0.1) is 11.6 Å². The van der Waals surface area contributed by atoms with Gasteiger partial charge in [0.05, 0.1) is 44.8 Å². The number of rotatable bonds is 8. The Kier molecular flexibility index (Phi) is 7.65. The quantitative estimate of drug-likeness (QED) is 0.331. The van der Waals surface area contributed by atoms with Gasteiger partial charge in [-0.15, -0.1) is 11.3 Å². The zero-order valence-electron chi connectivity index (χ0n) is 19.1. The van der Waals surface area contributed by atoms with Crippen molar-refractivity contribution in [2.75, 3.05) is 27.9 Å². The highest BCUT2D eigenvalue weighted by Crippen LogP contribution is 2.41. The Morgan fingerprint density at radius 2 is 1.64 bits per heavy atom. The van der Waals surface area contributed by atoms with Crippen LogP contribution in [-0.2, 0) is 0 Å². The molecule has 0 bridgehead atoms. The first-order valence-corrected chi connectivity index (χ1v) is 10.8. The average Bonchev–Trinajstić information content (AvgIpc) is 3.18. The number of methoxy groups -OCH3 is 3. The molecule has 0 unspecified atom stereocenters. The van der Waals surface area contributed by atoms with Gasteiger partial charge in [-0.2, -0.15) is 5.10 Å². The van der Waals surface area contributed by atoms with Gasteiger partial charge in [-0.05, 0) is 38.1 Å². The molecule has 0 aliphatic rings. The number of thiazole rings is 1. The molecule has 174 valence electrons. The third-order valence-electron chi connectivity index (χ3n) is 4.70. The number of nitrogens with zero attached hydrogens (tertiary/aromatic N) is 3. The van der Waals surface area contributed by atoms with Gasteiger partial charge in [0.1, 0.15) is 11.6 Å². The van der Waals surface area contributed by atoms with Crippen molar-refractivity contribution < 1.29 is 23.0 Å². The standard InChI is InChI=1S/C24H25F2N3O3S/c1-14(2)12-27-24-29(28-15(3)22-17(25)8-7-9-18(22)26)19(13-33-24)16-10-20(30-4)23(32-6)21(11-16)31-5/h7-11,13H,1,12H2,2-6H3. The molecule has 0 aliphatic heterocycles. The molecule has 0 spiro atoms. The van der Waals surface area contributed by atoms with E-state index in [0.717, 1.165) is 5.57 Å². The van der Waals surface area contributed by atoms with Crippen molar-refractivity contribution in [3.63, 3.8) is 0 Å². The average molecular weight is 474 g/mol. The van der Waals surface area contributed by atoms with Crippen molar-refractivity contribution >= 4 is 17.0 Å². The molecule has 0 atom stereocenters. The molecule has 6 nitrogen and oxygen atoms in total. The van der Waals surface area contributed by atoms with Gasteiger partial charge in [-0.3, -0.25) is 4.99 Å². The smallest absolute Gasteiger partial charge is 0.206 e. The fourth-order valence-electron chi connectivity index (χ4n) is 3.18. The normalized spacial score (nSPS) is 12.1. The van der Waals surface area contributed by atoms with E-state index in [0.29, 0.717) is 39.9 Å². The van der Waals surface area contributed by atoms with Crippen molar-refractivity contribution in [1.29, 1.82) is 0 Å². The topological polar surface area (TPSA) is 57.3 Å². The number of hydrogen-bond donors (Lipinski definition) is 0. The number of aromatic nitrogens is 1. The SMILES string of the molecule is C=C(C)CN=c1scc(-c2cc(OC)c(OC)c(OC)c2)n1N=C(C)c1c(F)cccc1F. The number of hydrogen-bond acceptors (Lipinski definition) is 6. The number of halogens is 2. The lowest BCUT2D eigenvalue weighted by Crippen LogP contribution is -2.16. The van der Waals surface area contributed by atoms with E-state index >= 15 is 0 Å². The molecule has 0 aliphatic carbocycles. The molecular formula is C24H25F2N3O3S. The summed E-state index contributed by atoms with van der Waals surface area (Å²) in [6, 6.07) is 7.26. The lowest BCUT2D eigenvalue weighted by molar-refractivity contribution is 0.324. The minimum absolute atomic E-state index is 0.162. The summed E-state index contributed by atoms with van der Waals surface area (Å²) in [5, 5.41) is 6.40. The first-order valence-electron chi connectivity index (χ1n) is 9.96. The molecular weight excluding hydrogens is 448 g/mol. The highest BCUT2D eigenvalue weighted by Gasteiger charge is 2.18. The first-order chi connectivity index (χ1) is 15.8. The van der Waals surface area contributed by atoms with Crippen molar-refractivity contribution in [2.45, 2.75) is 13.8 Å². The molecule has 3 aromatic rings. The fourth-order valence-corrected chi connectivity index (χ4v) is 4.01. The Labute approximate surface area is 195 Å². The van der Waals surface area contributed by atoms with E-state index in [-0.39, 0.29) is 11.3 Å². The van der Waals surface area contributed by atoms with Crippen LogP contribution in [0.3, 0.4) is 0 Å². The van der Waals surface area contributed by atoms with Gasteiger partial charge in [0, 0.05) is 10.9 Å².